The molecule has 4 rings (SSSR count). The Kier molecular flexibility index (Phi) is 3.87. The van der Waals surface area contributed by atoms with E-state index in [0.717, 1.165) is 48.0 Å². The molecule has 0 spiro atoms. The van der Waals surface area contributed by atoms with Crippen LogP contribution in [-0.2, 0) is 4.74 Å². The second-order valence-corrected chi connectivity index (χ2v) is 10.2. The first-order valence-corrected chi connectivity index (χ1v) is 10.1. The molecule has 0 aromatic rings. The summed E-state index contributed by atoms with van der Waals surface area (Å²) in [5.74, 6) is 6.78. The lowest BCUT2D eigenvalue weighted by molar-refractivity contribution is 0.0272. The second-order valence-electron chi connectivity index (χ2n) is 10.2. The lowest BCUT2D eigenvalue weighted by Gasteiger charge is -2.39. The maximum Gasteiger partial charge on any atom is 0.0612 e. The van der Waals surface area contributed by atoms with Gasteiger partial charge < -0.3 is 4.74 Å². The topological polar surface area (TPSA) is 9.23 Å². The summed E-state index contributed by atoms with van der Waals surface area (Å²) in [5, 5.41) is 0. The highest BCUT2D eigenvalue weighted by Gasteiger charge is 2.51. The van der Waals surface area contributed by atoms with Gasteiger partial charge in [0.15, 0.2) is 0 Å². The van der Waals surface area contributed by atoms with E-state index in [1.165, 1.54) is 38.5 Å². The fourth-order valence-electron chi connectivity index (χ4n) is 6.23. The Morgan fingerprint density at radius 1 is 0.955 bits per heavy atom. The van der Waals surface area contributed by atoms with E-state index in [2.05, 4.69) is 27.7 Å². The first-order valence-electron chi connectivity index (χ1n) is 10.1. The molecule has 6 unspecified atom stereocenters. The summed E-state index contributed by atoms with van der Waals surface area (Å²) in [6.07, 6.45) is 10.8. The van der Waals surface area contributed by atoms with Gasteiger partial charge in [-0.1, -0.05) is 27.7 Å². The Balaban J connectivity index is 1.36. The molecule has 0 aromatic carbocycles. The Morgan fingerprint density at radius 3 is 2.36 bits per heavy atom. The van der Waals surface area contributed by atoms with Crippen LogP contribution in [-0.4, -0.2) is 12.7 Å². The van der Waals surface area contributed by atoms with Crippen LogP contribution in [0.15, 0.2) is 0 Å². The monoisotopic (exact) mass is 304 g/mol. The average Bonchev–Trinajstić information content (AvgIpc) is 2.91. The zero-order chi connectivity index (χ0) is 15.5. The van der Waals surface area contributed by atoms with E-state index in [0.29, 0.717) is 11.5 Å². The van der Waals surface area contributed by atoms with E-state index in [-0.39, 0.29) is 0 Å². The molecule has 0 N–H and O–H groups in total. The largest absolute Gasteiger partial charge is 0.378 e. The minimum Gasteiger partial charge on any atom is -0.378 e. The molecule has 0 bridgehead atoms. The van der Waals surface area contributed by atoms with Gasteiger partial charge in [-0.05, 0) is 91.8 Å². The highest BCUT2D eigenvalue weighted by atomic mass is 16.5. The summed E-state index contributed by atoms with van der Waals surface area (Å²) < 4.78 is 6.36. The average molecular weight is 305 g/mol. The molecule has 1 aliphatic heterocycles. The molecule has 126 valence electrons. The maximum absolute atomic E-state index is 6.36. The third-order valence-electron chi connectivity index (χ3n) is 8.10. The lowest BCUT2D eigenvalue weighted by atomic mass is 9.66. The van der Waals surface area contributed by atoms with Crippen LogP contribution in [0.5, 0.6) is 0 Å². The quantitative estimate of drug-likeness (QED) is 0.663. The molecule has 0 amide bonds. The number of rotatable bonds is 4. The SMILES string of the molecule is CC(C)C1CCC2C(COC2CC(C)(C)C2CC3CC3C2)C1. The van der Waals surface area contributed by atoms with E-state index in [1.54, 1.807) is 6.42 Å². The van der Waals surface area contributed by atoms with Crippen molar-refractivity contribution < 1.29 is 4.74 Å². The Bertz CT molecular complexity index is 402. The lowest BCUT2D eigenvalue weighted by Crippen LogP contribution is -2.34. The van der Waals surface area contributed by atoms with Gasteiger partial charge in [0.05, 0.1) is 12.7 Å². The zero-order valence-electron chi connectivity index (χ0n) is 15.2. The fraction of sp³-hybridized carbons (Fsp3) is 1.00. The van der Waals surface area contributed by atoms with Gasteiger partial charge in [-0.2, -0.15) is 0 Å². The highest BCUT2D eigenvalue weighted by Crippen LogP contribution is 2.60. The van der Waals surface area contributed by atoms with Gasteiger partial charge in [-0.3, -0.25) is 0 Å². The summed E-state index contributed by atoms with van der Waals surface area (Å²) in [7, 11) is 0. The van der Waals surface area contributed by atoms with Gasteiger partial charge in [-0.25, -0.2) is 0 Å². The van der Waals surface area contributed by atoms with Crippen molar-refractivity contribution in [1.29, 1.82) is 0 Å². The van der Waals surface area contributed by atoms with Crippen molar-refractivity contribution in [2.24, 2.45) is 46.8 Å². The van der Waals surface area contributed by atoms with Gasteiger partial charge in [0, 0.05) is 0 Å². The summed E-state index contributed by atoms with van der Waals surface area (Å²) in [6.45, 7) is 11.0. The Morgan fingerprint density at radius 2 is 1.68 bits per heavy atom. The highest BCUT2D eigenvalue weighted by molar-refractivity contribution is 5.01. The molecule has 0 radical (unpaired) electrons. The third-order valence-corrected chi connectivity index (χ3v) is 8.10. The minimum absolute atomic E-state index is 0.502. The minimum atomic E-state index is 0.502. The Labute approximate surface area is 137 Å². The van der Waals surface area contributed by atoms with Crippen LogP contribution in [0.1, 0.15) is 72.6 Å². The van der Waals surface area contributed by atoms with Gasteiger partial charge in [0.25, 0.3) is 0 Å². The van der Waals surface area contributed by atoms with Gasteiger partial charge in [0.1, 0.15) is 0 Å². The van der Waals surface area contributed by atoms with Crippen molar-refractivity contribution in [3.8, 4) is 0 Å². The molecular weight excluding hydrogens is 268 g/mol. The van der Waals surface area contributed by atoms with Gasteiger partial charge in [0.2, 0.25) is 0 Å². The van der Waals surface area contributed by atoms with Crippen molar-refractivity contribution in [2.75, 3.05) is 6.61 Å². The predicted molar refractivity (Wildman–Crippen MR) is 91.6 cm³/mol. The molecule has 4 fully saturated rings. The molecule has 1 saturated heterocycles. The van der Waals surface area contributed by atoms with Crippen LogP contribution in [0, 0.1) is 46.8 Å². The molecule has 4 aliphatic rings. The summed E-state index contributed by atoms with van der Waals surface area (Å²) in [6, 6.07) is 0. The number of ether oxygens (including phenoxy) is 1. The number of fused-ring (bicyclic) bond motifs is 2. The van der Waals surface area contributed by atoms with Crippen molar-refractivity contribution in [3.63, 3.8) is 0 Å². The van der Waals surface area contributed by atoms with Crippen molar-refractivity contribution in [2.45, 2.75) is 78.7 Å². The molecule has 1 nitrogen and oxygen atoms in total. The summed E-state index contributed by atoms with van der Waals surface area (Å²) in [4.78, 5) is 0. The van der Waals surface area contributed by atoms with Crippen LogP contribution in [0.2, 0.25) is 0 Å². The molecule has 1 heterocycles. The molecule has 22 heavy (non-hydrogen) atoms. The third kappa shape index (κ3) is 2.76. The van der Waals surface area contributed by atoms with Crippen LogP contribution in [0.4, 0.5) is 0 Å². The first kappa shape index (κ1) is 15.5. The van der Waals surface area contributed by atoms with Crippen molar-refractivity contribution in [1.82, 2.24) is 0 Å². The first-order chi connectivity index (χ1) is 10.4. The molecule has 3 saturated carbocycles. The second kappa shape index (κ2) is 5.50. The van der Waals surface area contributed by atoms with E-state index in [1.807, 2.05) is 0 Å². The fourth-order valence-corrected chi connectivity index (χ4v) is 6.23. The zero-order valence-corrected chi connectivity index (χ0v) is 15.2. The Hall–Kier alpha value is -0.0400. The molecule has 3 aliphatic carbocycles. The van der Waals surface area contributed by atoms with Gasteiger partial charge >= 0.3 is 0 Å². The number of hydrogen-bond acceptors (Lipinski definition) is 1. The van der Waals surface area contributed by atoms with E-state index in [4.69, 9.17) is 4.74 Å². The normalized spacial score (nSPS) is 47.6. The summed E-state index contributed by atoms with van der Waals surface area (Å²) >= 11 is 0. The van der Waals surface area contributed by atoms with Crippen LogP contribution in [0.25, 0.3) is 0 Å². The van der Waals surface area contributed by atoms with Crippen LogP contribution < -0.4 is 0 Å². The van der Waals surface area contributed by atoms with E-state index >= 15 is 0 Å². The van der Waals surface area contributed by atoms with Crippen molar-refractivity contribution in [3.05, 3.63) is 0 Å². The predicted octanol–water partition coefficient (Wildman–Crippen LogP) is 5.54. The molecule has 0 aromatic heterocycles. The maximum atomic E-state index is 6.36. The smallest absolute Gasteiger partial charge is 0.0612 e. The van der Waals surface area contributed by atoms with Crippen LogP contribution in [0.3, 0.4) is 0 Å². The van der Waals surface area contributed by atoms with Crippen molar-refractivity contribution >= 4 is 0 Å². The molecule has 6 atom stereocenters. The summed E-state index contributed by atoms with van der Waals surface area (Å²) in [5.41, 5.74) is 0.502. The van der Waals surface area contributed by atoms with Gasteiger partial charge in [-0.15, -0.1) is 0 Å². The molecular formula is C21H36O. The van der Waals surface area contributed by atoms with E-state index < -0.39 is 0 Å². The van der Waals surface area contributed by atoms with E-state index in [9.17, 15) is 0 Å². The van der Waals surface area contributed by atoms with Crippen LogP contribution >= 0.6 is 0 Å². The standard InChI is InChI=1S/C21H36O/c1-13(2)14-5-6-19-17(7-14)12-22-20(19)11-21(3,4)18-9-15-8-16(15)10-18/h13-20H,5-12H2,1-4H3. The number of hydrogen-bond donors (Lipinski definition) is 0. The molecule has 1 heteroatoms.